The van der Waals surface area contributed by atoms with E-state index in [0.29, 0.717) is 5.69 Å². The van der Waals surface area contributed by atoms with Crippen LogP contribution in [-0.2, 0) is 6.54 Å². The minimum absolute atomic E-state index is 0.145. The molecular weight excluding hydrogens is 228 g/mol. The maximum absolute atomic E-state index is 11.7. The highest BCUT2D eigenvalue weighted by Crippen LogP contribution is 2.14. The van der Waals surface area contributed by atoms with Crippen molar-refractivity contribution in [1.82, 2.24) is 9.55 Å². The SMILES string of the molecule is Cc1ccc(C(O)Cn2cnc(C)cc2=O)cc1. The quantitative estimate of drug-likeness (QED) is 0.892. The van der Waals surface area contributed by atoms with Gasteiger partial charge in [0.2, 0.25) is 0 Å². The van der Waals surface area contributed by atoms with Crippen LogP contribution in [0.25, 0.3) is 0 Å². The Morgan fingerprint density at radius 3 is 2.56 bits per heavy atom. The van der Waals surface area contributed by atoms with Crippen LogP contribution in [0.5, 0.6) is 0 Å². The summed E-state index contributed by atoms with van der Waals surface area (Å²) in [5.41, 5.74) is 2.47. The highest BCUT2D eigenvalue weighted by atomic mass is 16.3. The van der Waals surface area contributed by atoms with Crippen LogP contribution in [0, 0.1) is 13.8 Å². The summed E-state index contributed by atoms with van der Waals surface area (Å²) in [5, 5.41) is 10.1. The van der Waals surface area contributed by atoms with E-state index < -0.39 is 6.10 Å². The zero-order chi connectivity index (χ0) is 13.1. The Kier molecular flexibility index (Phi) is 3.58. The Labute approximate surface area is 106 Å². The molecule has 1 N–H and O–H groups in total. The molecule has 1 heterocycles. The van der Waals surface area contributed by atoms with Crippen molar-refractivity contribution in [1.29, 1.82) is 0 Å². The number of aliphatic hydroxyl groups is 1. The number of benzene rings is 1. The molecule has 94 valence electrons. The zero-order valence-electron chi connectivity index (χ0n) is 10.5. The molecule has 4 heteroatoms. The molecule has 0 spiro atoms. The molecule has 0 radical (unpaired) electrons. The second-order valence-electron chi connectivity index (χ2n) is 4.45. The van der Waals surface area contributed by atoms with Gasteiger partial charge in [-0.1, -0.05) is 29.8 Å². The molecule has 0 amide bonds. The smallest absolute Gasteiger partial charge is 0.253 e. The van der Waals surface area contributed by atoms with E-state index in [2.05, 4.69) is 4.98 Å². The second kappa shape index (κ2) is 5.14. The fraction of sp³-hybridized carbons (Fsp3) is 0.286. The predicted octanol–water partition coefficient (Wildman–Crippen LogP) is 1.59. The predicted molar refractivity (Wildman–Crippen MR) is 69.4 cm³/mol. The first-order chi connectivity index (χ1) is 8.56. The second-order valence-corrected chi connectivity index (χ2v) is 4.45. The number of nitrogens with zero attached hydrogens (tertiary/aromatic N) is 2. The minimum Gasteiger partial charge on any atom is -0.387 e. The molecule has 1 aromatic carbocycles. The van der Waals surface area contributed by atoms with Crippen molar-refractivity contribution in [3.05, 3.63) is 63.8 Å². The van der Waals surface area contributed by atoms with Crippen LogP contribution in [0.3, 0.4) is 0 Å². The van der Waals surface area contributed by atoms with Crippen LogP contribution < -0.4 is 5.56 Å². The lowest BCUT2D eigenvalue weighted by Gasteiger charge is -2.12. The molecule has 0 aliphatic carbocycles. The molecule has 0 saturated heterocycles. The number of aliphatic hydroxyl groups excluding tert-OH is 1. The molecule has 18 heavy (non-hydrogen) atoms. The maximum Gasteiger partial charge on any atom is 0.253 e. The van der Waals surface area contributed by atoms with Crippen molar-refractivity contribution in [3.63, 3.8) is 0 Å². The van der Waals surface area contributed by atoms with E-state index in [4.69, 9.17) is 0 Å². The Morgan fingerprint density at radius 1 is 1.28 bits per heavy atom. The topological polar surface area (TPSA) is 55.1 Å². The van der Waals surface area contributed by atoms with Gasteiger partial charge in [0.05, 0.1) is 19.0 Å². The summed E-state index contributed by atoms with van der Waals surface area (Å²) in [7, 11) is 0. The summed E-state index contributed by atoms with van der Waals surface area (Å²) < 4.78 is 1.41. The normalized spacial score (nSPS) is 12.4. The molecule has 0 aliphatic rings. The monoisotopic (exact) mass is 244 g/mol. The Bertz CT molecular complexity index is 587. The molecule has 1 aromatic heterocycles. The summed E-state index contributed by atoms with van der Waals surface area (Å²) in [6.07, 6.45) is 0.766. The molecular formula is C14H16N2O2. The van der Waals surface area contributed by atoms with Gasteiger partial charge in [-0.3, -0.25) is 9.36 Å². The lowest BCUT2D eigenvalue weighted by Crippen LogP contribution is -2.23. The van der Waals surface area contributed by atoms with Crippen LogP contribution in [0.1, 0.15) is 22.9 Å². The number of hydrogen-bond donors (Lipinski definition) is 1. The van der Waals surface area contributed by atoms with Crippen LogP contribution in [0.2, 0.25) is 0 Å². The van der Waals surface area contributed by atoms with Crippen molar-refractivity contribution in [2.24, 2.45) is 0 Å². The average Bonchev–Trinajstić information content (AvgIpc) is 2.33. The molecule has 2 rings (SSSR count). The highest BCUT2D eigenvalue weighted by molar-refractivity contribution is 5.23. The molecule has 0 saturated carbocycles. The van der Waals surface area contributed by atoms with Gasteiger partial charge in [0, 0.05) is 11.8 Å². The van der Waals surface area contributed by atoms with Gasteiger partial charge >= 0.3 is 0 Å². The third-order valence-electron chi connectivity index (χ3n) is 2.85. The van der Waals surface area contributed by atoms with Crippen LogP contribution >= 0.6 is 0 Å². The van der Waals surface area contributed by atoms with Gasteiger partial charge in [-0.05, 0) is 19.4 Å². The summed E-state index contributed by atoms with van der Waals surface area (Å²) >= 11 is 0. The Hall–Kier alpha value is -1.94. The van der Waals surface area contributed by atoms with Crippen molar-refractivity contribution in [2.75, 3.05) is 0 Å². The van der Waals surface area contributed by atoms with Gasteiger partial charge < -0.3 is 5.11 Å². The molecule has 4 nitrogen and oxygen atoms in total. The minimum atomic E-state index is -0.701. The van der Waals surface area contributed by atoms with Gasteiger partial charge in [0.1, 0.15) is 0 Å². The van der Waals surface area contributed by atoms with E-state index >= 15 is 0 Å². The average molecular weight is 244 g/mol. The van der Waals surface area contributed by atoms with Gasteiger partial charge in [0.15, 0.2) is 0 Å². The standard InChI is InChI=1S/C14H16N2O2/c1-10-3-5-12(6-4-10)13(17)8-16-9-15-11(2)7-14(16)18/h3-7,9,13,17H,8H2,1-2H3. The summed E-state index contributed by atoms with van der Waals surface area (Å²) in [5.74, 6) is 0. The largest absolute Gasteiger partial charge is 0.387 e. The molecule has 0 fully saturated rings. The zero-order valence-corrected chi connectivity index (χ0v) is 10.5. The third kappa shape index (κ3) is 2.84. The maximum atomic E-state index is 11.7. The Morgan fingerprint density at radius 2 is 1.94 bits per heavy atom. The first-order valence-corrected chi connectivity index (χ1v) is 5.84. The van der Waals surface area contributed by atoms with E-state index in [1.54, 1.807) is 6.92 Å². The fourth-order valence-corrected chi connectivity index (χ4v) is 1.73. The van der Waals surface area contributed by atoms with Crippen LogP contribution in [0.4, 0.5) is 0 Å². The number of rotatable bonds is 3. The van der Waals surface area contributed by atoms with Gasteiger partial charge in [-0.15, -0.1) is 0 Å². The third-order valence-corrected chi connectivity index (χ3v) is 2.85. The molecule has 2 aromatic rings. The van der Waals surface area contributed by atoms with E-state index in [9.17, 15) is 9.90 Å². The summed E-state index contributed by atoms with van der Waals surface area (Å²) in [6, 6.07) is 9.07. The Balaban J connectivity index is 2.18. The lowest BCUT2D eigenvalue weighted by atomic mass is 10.1. The first kappa shape index (κ1) is 12.5. The molecule has 0 aliphatic heterocycles. The van der Waals surface area contributed by atoms with Crippen molar-refractivity contribution >= 4 is 0 Å². The van der Waals surface area contributed by atoms with Gasteiger partial charge in [-0.2, -0.15) is 0 Å². The molecule has 1 unspecified atom stereocenters. The number of hydrogen-bond acceptors (Lipinski definition) is 3. The molecule has 0 bridgehead atoms. The first-order valence-electron chi connectivity index (χ1n) is 5.84. The van der Waals surface area contributed by atoms with Crippen LogP contribution in [0.15, 0.2) is 41.5 Å². The van der Waals surface area contributed by atoms with E-state index in [1.165, 1.54) is 17.0 Å². The van der Waals surface area contributed by atoms with E-state index in [0.717, 1.165) is 11.1 Å². The van der Waals surface area contributed by atoms with Crippen LogP contribution in [-0.4, -0.2) is 14.7 Å². The van der Waals surface area contributed by atoms with E-state index in [-0.39, 0.29) is 12.1 Å². The van der Waals surface area contributed by atoms with Crippen molar-refractivity contribution in [3.8, 4) is 0 Å². The number of aromatic nitrogens is 2. The summed E-state index contributed by atoms with van der Waals surface area (Å²) in [6.45, 7) is 3.97. The van der Waals surface area contributed by atoms with Gasteiger partial charge in [-0.25, -0.2) is 4.98 Å². The fourth-order valence-electron chi connectivity index (χ4n) is 1.73. The van der Waals surface area contributed by atoms with Crippen molar-refractivity contribution in [2.45, 2.75) is 26.5 Å². The molecule has 1 atom stereocenters. The lowest BCUT2D eigenvalue weighted by molar-refractivity contribution is 0.154. The highest BCUT2D eigenvalue weighted by Gasteiger charge is 2.09. The van der Waals surface area contributed by atoms with Crippen molar-refractivity contribution < 1.29 is 5.11 Å². The number of aryl methyl sites for hydroxylation is 2. The van der Waals surface area contributed by atoms with Gasteiger partial charge in [0.25, 0.3) is 5.56 Å². The summed E-state index contributed by atoms with van der Waals surface area (Å²) in [4.78, 5) is 15.7. The van der Waals surface area contributed by atoms with E-state index in [1.807, 2.05) is 31.2 Å².